The zero-order chi connectivity index (χ0) is 29.5. The third kappa shape index (κ3) is 8.33. The average molecular weight is 540 g/mol. The van der Waals surface area contributed by atoms with Crippen LogP contribution in [0.4, 0.5) is 17.1 Å². The maximum atomic E-state index is 6.11. The molecule has 0 atom stereocenters. The van der Waals surface area contributed by atoms with Crippen LogP contribution in [0.15, 0.2) is 158 Å². The minimum absolute atomic E-state index is 0.427. The summed E-state index contributed by atoms with van der Waals surface area (Å²) in [4.78, 5) is 2.25. The van der Waals surface area contributed by atoms with Gasteiger partial charge in [-0.1, -0.05) is 124 Å². The highest BCUT2D eigenvalue weighted by molar-refractivity contribution is 5.81. The number of hydrogen-bond acceptors (Lipinski definition) is 2. The Hall–Kier alpha value is -4.82. The molecule has 0 aliphatic carbocycles. The highest BCUT2D eigenvalue weighted by Crippen LogP contribution is 2.37. The Balaban J connectivity index is 0.00000226. The number of allylic oxidation sites excluding steroid dienone is 6. The van der Waals surface area contributed by atoms with Gasteiger partial charge in [-0.2, -0.15) is 0 Å². The third-order valence-electron chi connectivity index (χ3n) is 6.42. The van der Waals surface area contributed by atoms with E-state index >= 15 is 0 Å². The van der Waals surface area contributed by atoms with Crippen LogP contribution in [0.2, 0.25) is 0 Å². The molecule has 0 radical (unpaired) electrons. The van der Waals surface area contributed by atoms with Crippen molar-refractivity contribution in [3.63, 3.8) is 0 Å². The highest BCUT2D eigenvalue weighted by atomic mass is 16.5. The van der Waals surface area contributed by atoms with Crippen molar-refractivity contribution in [3.05, 3.63) is 164 Å². The van der Waals surface area contributed by atoms with Crippen molar-refractivity contribution in [3.8, 4) is 16.9 Å². The van der Waals surface area contributed by atoms with Crippen LogP contribution in [-0.2, 0) is 0 Å². The molecule has 0 unspecified atom stereocenters. The Morgan fingerprint density at radius 1 is 0.732 bits per heavy atom. The Morgan fingerprint density at radius 2 is 1.37 bits per heavy atom. The van der Waals surface area contributed by atoms with E-state index in [1.54, 1.807) is 12.2 Å². The van der Waals surface area contributed by atoms with Gasteiger partial charge in [0.25, 0.3) is 0 Å². The van der Waals surface area contributed by atoms with Gasteiger partial charge in [-0.25, -0.2) is 0 Å². The predicted molar refractivity (Wildman–Crippen MR) is 180 cm³/mol. The number of rotatable bonds is 11. The lowest BCUT2D eigenvalue weighted by molar-refractivity contribution is 0.356. The van der Waals surface area contributed by atoms with Crippen molar-refractivity contribution in [1.82, 2.24) is 0 Å². The molecular formula is C39H41NO. The molecule has 0 amide bonds. The van der Waals surface area contributed by atoms with Crippen LogP contribution in [0.3, 0.4) is 0 Å². The van der Waals surface area contributed by atoms with E-state index in [1.807, 2.05) is 45.0 Å². The minimum Gasteiger partial charge on any atom is -0.489 e. The second kappa shape index (κ2) is 16.3. The van der Waals surface area contributed by atoms with Gasteiger partial charge in [0.15, 0.2) is 0 Å². The highest BCUT2D eigenvalue weighted by Gasteiger charge is 2.14. The summed E-state index contributed by atoms with van der Waals surface area (Å²) in [5.74, 6) is 0.788. The van der Waals surface area contributed by atoms with E-state index in [2.05, 4.69) is 128 Å². The van der Waals surface area contributed by atoms with Crippen LogP contribution in [0.1, 0.15) is 33.3 Å². The van der Waals surface area contributed by atoms with Gasteiger partial charge < -0.3 is 9.64 Å². The fourth-order valence-electron chi connectivity index (χ4n) is 4.43. The van der Waals surface area contributed by atoms with Crippen LogP contribution >= 0.6 is 0 Å². The first-order valence-electron chi connectivity index (χ1n) is 14.2. The van der Waals surface area contributed by atoms with Gasteiger partial charge >= 0.3 is 0 Å². The number of benzene rings is 4. The Bertz CT molecular complexity index is 1470. The Kier molecular flexibility index (Phi) is 12.2. The maximum absolute atomic E-state index is 6.11. The summed E-state index contributed by atoms with van der Waals surface area (Å²) in [5.41, 5.74) is 8.88. The lowest BCUT2D eigenvalue weighted by atomic mass is 10.0. The van der Waals surface area contributed by atoms with E-state index in [-0.39, 0.29) is 0 Å². The average Bonchev–Trinajstić information content (AvgIpc) is 3.04. The van der Waals surface area contributed by atoms with E-state index < -0.39 is 0 Å². The monoisotopic (exact) mass is 539 g/mol. The van der Waals surface area contributed by atoms with Crippen molar-refractivity contribution < 1.29 is 4.74 Å². The SMILES string of the molecule is C=C/C=C(\C=C)COc1cccc(N(c2ccc(C(/C=C\C)=C/C)cc2)c2ccc(-c3ccccc3)cc2)c1.CC. The fourth-order valence-corrected chi connectivity index (χ4v) is 4.43. The van der Waals surface area contributed by atoms with Crippen molar-refractivity contribution in [2.45, 2.75) is 27.7 Å². The Morgan fingerprint density at radius 3 is 1.95 bits per heavy atom. The molecule has 0 saturated carbocycles. The van der Waals surface area contributed by atoms with E-state index in [9.17, 15) is 0 Å². The molecule has 0 aromatic heterocycles. The smallest absolute Gasteiger partial charge is 0.121 e. The van der Waals surface area contributed by atoms with Crippen LogP contribution < -0.4 is 9.64 Å². The minimum atomic E-state index is 0.427. The zero-order valence-electron chi connectivity index (χ0n) is 24.8. The van der Waals surface area contributed by atoms with Gasteiger partial charge in [-0.05, 0) is 78.1 Å². The number of ether oxygens (including phenoxy) is 1. The summed E-state index contributed by atoms with van der Waals surface area (Å²) in [6.45, 7) is 16.2. The quantitative estimate of drug-likeness (QED) is 0.176. The lowest BCUT2D eigenvalue weighted by Crippen LogP contribution is -2.10. The molecule has 0 heterocycles. The largest absolute Gasteiger partial charge is 0.489 e. The molecule has 41 heavy (non-hydrogen) atoms. The molecule has 0 bridgehead atoms. The number of anilines is 3. The standard InChI is InChI=1S/C37H35NO.C2H6/c1-5-13-29(7-3)28-39-37-18-12-17-36(27-37)38(34-23-19-32(20-24-34)30(8-4)14-6-2)35-25-21-33(22-26-35)31-15-10-9-11-16-31;1-2/h5-27H,1,3,28H2,2,4H3;1-2H3/b14-6-,29-13+,30-8+;. The molecule has 4 aromatic rings. The normalized spacial score (nSPS) is 11.4. The molecule has 0 spiro atoms. The van der Waals surface area contributed by atoms with Crippen LogP contribution in [0.25, 0.3) is 16.7 Å². The van der Waals surface area contributed by atoms with Gasteiger partial charge in [-0.15, -0.1) is 0 Å². The molecule has 0 N–H and O–H groups in total. The summed E-state index contributed by atoms with van der Waals surface area (Å²) < 4.78 is 6.11. The summed E-state index contributed by atoms with van der Waals surface area (Å²) in [5, 5.41) is 0. The zero-order valence-corrected chi connectivity index (χ0v) is 24.8. The van der Waals surface area contributed by atoms with Crippen molar-refractivity contribution >= 4 is 22.6 Å². The van der Waals surface area contributed by atoms with Crippen molar-refractivity contribution in [1.29, 1.82) is 0 Å². The summed E-state index contributed by atoms with van der Waals surface area (Å²) in [6, 6.07) is 36.0. The van der Waals surface area contributed by atoms with Gasteiger partial charge in [0.05, 0.1) is 0 Å². The lowest BCUT2D eigenvalue weighted by Gasteiger charge is -2.26. The van der Waals surface area contributed by atoms with E-state index in [1.165, 1.54) is 22.3 Å². The Labute approximate surface area is 247 Å². The first-order chi connectivity index (χ1) is 20.2. The van der Waals surface area contributed by atoms with E-state index in [4.69, 9.17) is 4.74 Å². The van der Waals surface area contributed by atoms with E-state index in [0.717, 1.165) is 28.4 Å². The molecule has 0 fully saturated rings. The summed E-state index contributed by atoms with van der Waals surface area (Å²) in [7, 11) is 0. The second-order valence-electron chi connectivity index (χ2n) is 9.01. The van der Waals surface area contributed by atoms with Gasteiger partial charge in [-0.3, -0.25) is 0 Å². The predicted octanol–water partition coefficient (Wildman–Crippen LogP) is 11.5. The topological polar surface area (TPSA) is 12.5 Å². The molecule has 2 nitrogen and oxygen atoms in total. The van der Waals surface area contributed by atoms with Crippen LogP contribution in [0.5, 0.6) is 5.75 Å². The molecule has 0 aliphatic heterocycles. The molecular weight excluding hydrogens is 498 g/mol. The summed E-state index contributed by atoms with van der Waals surface area (Å²) >= 11 is 0. The van der Waals surface area contributed by atoms with Gasteiger partial charge in [0, 0.05) is 23.1 Å². The first kappa shape index (κ1) is 30.7. The maximum Gasteiger partial charge on any atom is 0.121 e. The van der Waals surface area contributed by atoms with E-state index in [0.29, 0.717) is 6.61 Å². The summed E-state index contributed by atoms with van der Waals surface area (Å²) in [6.07, 6.45) is 11.8. The van der Waals surface area contributed by atoms with Gasteiger partial charge in [0.2, 0.25) is 0 Å². The van der Waals surface area contributed by atoms with Crippen molar-refractivity contribution in [2.75, 3.05) is 11.5 Å². The molecule has 2 heteroatoms. The van der Waals surface area contributed by atoms with Crippen molar-refractivity contribution in [2.24, 2.45) is 0 Å². The molecule has 0 saturated heterocycles. The van der Waals surface area contributed by atoms with Crippen LogP contribution in [-0.4, -0.2) is 6.61 Å². The number of nitrogens with zero attached hydrogens (tertiary/aromatic N) is 1. The third-order valence-corrected chi connectivity index (χ3v) is 6.42. The first-order valence-corrected chi connectivity index (χ1v) is 14.2. The fraction of sp³-hybridized carbons (Fsp3) is 0.128. The van der Waals surface area contributed by atoms with Crippen LogP contribution in [0, 0.1) is 0 Å². The second-order valence-corrected chi connectivity index (χ2v) is 9.01. The molecule has 0 aliphatic rings. The van der Waals surface area contributed by atoms with Gasteiger partial charge in [0.1, 0.15) is 12.4 Å². The molecule has 4 aromatic carbocycles. The molecule has 208 valence electrons. The molecule has 4 rings (SSSR count). The number of hydrogen-bond donors (Lipinski definition) is 0.